The van der Waals surface area contributed by atoms with Gasteiger partial charge in [0.25, 0.3) is 5.91 Å². The SMILES string of the molecule is C[C@@H](NC(=O)c1ccsc1)C(=O)Nc1nc2ccccc2[nH]1. The summed E-state index contributed by atoms with van der Waals surface area (Å²) < 4.78 is 0. The van der Waals surface area contributed by atoms with Gasteiger partial charge in [0.05, 0.1) is 16.6 Å². The summed E-state index contributed by atoms with van der Waals surface area (Å²) in [5, 5.41) is 8.86. The predicted octanol–water partition coefficient (Wildman–Crippen LogP) is 2.38. The van der Waals surface area contributed by atoms with Crippen LogP contribution in [0.3, 0.4) is 0 Å². The number of aromatic amines is 1. The van der Waals surface area contributed by atoms with Crippen molar-refractivity contribution in [1.29, 1.82) is 0 Å². The number of nitrogens with one attached hydrogen (secondary N) is 3. The molecule has 1 aromatic carbocycles. The average Bonchev–Trinajstić information content (AvgIpc) is 3.15. The molecule has 7 heteroatoms. The van der Waals surface area contributed by atoms with Crippen LogP contribution in [-0.2, 0) is 4.79 Å². The number of hydrogen-bond donors (Lipinski definition) is 3. The molecule has 22 heavy (non-hydrogen) atoms. The maximum Gasteiger partial charge on any atom is 0.252 e. The normalized spacial score (nSPS) is 12.0. The van der Waals surface area contributed by atoms with E-state index >= 15 is 0 Å². The molecule has 0 bridgehead atoms. The third-order valence-electron chi connectivity index (χ3n) is 3.16. The van der Waals surface area contributed by atoms with Crippen LogP contribution >= 0.6 is 11.3 Å². The van der Waals surface area contributed by atoms with Crippen molar-refractivity contribution in [3.05, 3.63) is 46.7 Å². The number of benzene rings is 1. The number of carbonyl (C=O) groups excluding carboxylic acids is 2. The van der Waals surface area contributed by atoms with Gasteiger partial charge in [-0.1, -0.05) is 12.1 Å². The molecule has 0 aliphatic rings. The number of imidazole rings is 1. The Hall–Kier alpha value is -2.67. The van der Waals surface area contributed by atoms with E-state index < -0.39 is 6.04 Å². The van der Waals surface area contributed by atoms with E-state index in [-0.39, 0.29) is 11.8 Å². The van der Waals surface area contributed by atoms with Crippen molar-refractivity contribution in [3.8, 4) is 0 Å². The minimum atomic E-state index is -0.666. The predicted molar refractivity (Wildman–Crippen MR) is 86.0 cm³/mol. The summed E-state index contributed by atoms with van der Waals surface area (Å²) in [5.41, 5.74) is 2.16. The van der Waals surface area contributed by atoms with E-state index in [1.165, 1.54) is 11.3 Å². The highest BCUT2D eigenvalue weighted by molar-refractivity contribution is 7.08. The molecule has 0 fully saturated rings. The fourth-order valence-corrected chi connectivity index (χ4v) is 2.61. The lowest BCUT2D eigenvalue weighted by atomic mass is 10.2. The van der Waals surface area contributed by atoms with Gasteiger partial charge in [-0.2, -0.15) is 11.3 Å². The summed E-state index contributed by atoms with van der Waals surface area (Å²) in [6.07, 6.45) is 0. The highest BCUT2D eigenvalue weighted by atomic mass is 32.1. The standard InChI is InChI=1S/C15H14N4O2S/c1-9(16-14(21)10-6-7-22-8-10)13(20)19-15-17-11-4-2-3-5-12(11)18-15/h2-9H,1H3,(H,16,21)(H2,17,18,19,20)/t9-/m1/s1. The molecule has 0 radical (unpaired) electrons. The van der Waals surface area contributed by atoms with E-state index in [1.54, 1.807) is 18.4 Å². The van der Waals surface area contributed by atoms with Gasteiger partial charge in [0.2, 0.25) is 11.9 Å². The van der Waals surface area contributed by atoms with E-state index in [0.717, 1.165) is 11.0 Å². The number of anilines is 1. The van der Waals surface area contributed by atoms with Gasteiger partial charge < -0.3 is 10.3 Å². The zero-order chi connectivity index (χ0) is 15.5. The van der Waals surface area contributed by atoms with Crippen LogP contribution < -0.4 is 10.6 Å². The number of aromatic nitrogens is 2. The Labute approximate surface area is 130 Å². The molecule has 2 amide bonds. The number of H-pyrrole nitrogens is 1. The van der Waals surface area contributed by atoms with Crippen LogP contribution in [0.25, 0.3) is 11.0 Å². The van der Waals surface area contributed by atoms with Crippen molar-refractivity contribution in [3.63, 3.8) is 0 Å². The minimum absolute atomic E-state index is 0.270. The molecule has 0 saturated carbocycles. The second kappa shape index (κ2) is 5.98. The van der Waals surface area contributed by atoms with Gasteiger partial charge in [-0.25, -0.2) is 4.98 Å². The minimum Gasteiger partial charge on any atom is -0.340 e. The monoisotopic (exact) mass is 314 g/mol. The summed E-state index contributed by atoms with van der Waals surface area (Å²) in [6.45, 7) is 1.63. The Kier molecular flexibility index (Phi) is 3.88. The van der Waals surface area contributed by atoms with Gasteiger partial charge in [0.1, 0.15) is 6.04 Å². The van der Waals surface area contributed by atoms with Gasteiger partial charge in [-0.15, -0.1) is 0 Å². The molecule has 0 spiro atoms. The van der Waals surface area contributed by atoms with Gasteiger partial charge in [-0.3, -0.25) is 14.9 Å². The Balaban J connectivity index is 1.64. The number of nitrogens with zero attached hydrogens (tertiary/aromatic N) is 1. The van der Waals surface area contributed by atoms with Crippen LogP contribution in [-0.4, -0.2) is 27.8 Å². The summed E-state index contributed by atoms with van der Waals surface area (Å²) in [4.78, 5) is 31.3. The van der Waals surface area contributed by atoms with Gasteiger partial charge in [0, 0.05) is 5.38 Å². The Morgan fingerprint density at radius 1 is 1.27 bits per heavy atom. The van der Waals surface area contributed by atoms with Crippen molar-refractivity contribution in [2.75, 3.05) is 5.32 Å². The Bertz CT molecular complexity index is 777. The first kappa shape index (κ1) is 14.3. The molecule has 2 aromatic heterocycles. The molecule has 112 valence electrons. The summed E-state index contributed by atoms with van der Waals surface area (Å²) in [7, 11) is 0. The van der Waals surface area contributed by atoms with E-state index in [9.17, 15) is 9.59 Å². The number of hydrogen-bond acceptors (Lipinski definition) is 4. The van der Waals surface area contributed by atoms with Crippen molar-refractivity contribution in [1.82, 2.24) is 15.3 Å². The van der Waals surface area contributed by atoms with Crippen LogP contribution in [0.15, 0.2) is 41.1 Å². The third kappa shape index (κ3) is 2.99. The van der Waals surface area contributed by atoms with Crippen LogP contribution in [0.5, 0.6) is 0 Å². The summed E-state index contributed by atoms with van der Waals surface area (Å²) >= 11 is 1.43. The first-order valence-electron chi connectivity index (χ1n) is 6.72. The van der Waals surface area contributed by atoms with Crippen molar-refractivity contribution in [2.45, 2.75) is 13.0 Å². The van der Waals surface area contributed by atoms with Crippen LogP contribution in [0.2, 0.25) is 0 Å². The molecule has 3 N–H and O–H groups in total. The maximum absolute atomic E-state index is 12.1. The second-order valence-corrected chi connectivity index (χ2v) is 5.58. The van der Waals surface area contributed by atoms with Crippen LogP contribution in [0, 0.1) is 0 Å². The zero-order valence-corrected chi connectivity index (χ0v) is 12.6. The first-order chi connectivity index (χ1) is 10.6. The summed E-state index contributed by atoms with van der Waals surface area (Å²) in [6, 6.07) is 8.53. The van der Waals surface area contributed by atoms with E-state index in [4.69, 9.17) is 0 Å². The van der Waals surface area contributed by atoms with Gasteiger partial charge >= 0.3 is 0 Å². The molecule has 0 unspecified atom stereocenters. The second-order valence-electron chi connectivity index (χ2n) is 4.80. The molecular formula is C15H14N4O2S. The average molecular weight is 314 g/mol. The Morgan fingerprint density at radius 2 is 2.09 bits per heavy atom. The number of carbonyl (C=O) groups is 2. The maximum atomic E-state index is 12.1. The first-order valence-corrected chi connectivity index (χ1v) is 7.66. The molecular weight excluding hydrogens is 300 g/mol. The van der Waals surface area contributed by atoms with Crippen LogP contribution in [0.4, 0.5) is 5.95 Å². The van der Waals surface area contributed by atoms with Crippen molar-refractivity contribution in [2.24, 2.45) is 0 Å². The van der Waals surface area contributed by atoms with Gasteiger partial charge in [0.15, 0.2) is 0 Å². The lowest BCUT2D eigenvalue weighted by Gasteiger charge is -2.12. The number of rotatable bonds is 4. The van der Waals surface area contributed by atoms with Crippen molar-refractivity contribution >= 4 is 40.1 Å². The van der Waals surface area contributed by atoms with Crippen molar-refractivity contribution < 1.29 is 9.59 Å². The van der Waals surface area contributed by atoms with E-state index in [1.807, 2.05) is 29.6 Å². The highest BCUT2D eigenvalue weighted by Gasteiger charge is 2.18. The quantitative estimate of drug-likeness (QED) is 0.691. The fraction of sp³-hybridized carbons (Fsp3) is 0.133. The lowest BCUT2D eigenvalue weighted by molar-refractivity contribution is -0.117. The molecule has 0 saturated heterocycles. The molecule has 3 aromatic rings. The molecule has 3 rings (SSSR count). The third-order valence-corrected chi connectivity index (χ3v) is 3.84. The van der Waals surface area contributed by atoms with Gasteiger partial charge in [-0.05, 0) is 30.5 Å². The number of thiophene rings is 1. The summed E-state index contributed by atoms with van der Waals surface area (Å²) in [5.74, 6) is -0.237. The topological polar surface area (TPSA) is 86.9 Å². The number of amides is 2. The highest BCUT2D eigenvalue weighted by Crippen LogP contribution is 2.13. The molecule has 1 atom stereocenters. The van der Waals surface area contributed by atoms with E-state index in [2.05, 4.69) is 20.6 Å². The molecule has 6 nitrogen and oxygen atoms in total. The molecule has 0 aliphatic carbocycles. The number of fused-ring (bicyclic) bond motifs is 1. The van der Waals surface area contributed by atoms with E-state index in [0.29, 0.717) is 11.5 Å². The smallest absolute Gasteiger partial charge is 0.252 e. The van der Waals surface area contributed by atoms with Crippen LogP contribution in [0.1, 0.15) is 17.3 Å². The zero-order valence-electron chi connectivity index (χ0n) is 11.8. The fourth-order valence-electron chi connectivity index (χ4n) is 1.98. The number of para-hydroxylation sites is 2. The largest absolute Gasteiger partial charge is 0.340 e. The molecule has 2 heterocycles. The Morgan fingerprint density at radius 3 is 2.82 bits per heavy atom. The lowest BCUT2D eigenvalue weighted by Crippen LogP contribution is -2.41. The molecule has 0 aliphatic heterocycles.